The van der Waals surface area contributed by atoms with Crippen molar-refractivity contribution in [3.63, 3.8) is 0 Å². The summed E-state index contributed by atoms with van der Waals surface area (Å²) in [6.07, 6.45) is 6.86. The summed E-state index contributed by atoms with van der Waals surface area (Å²) in [5.74, 6) is 0. The Balaban J connectivity index is 1.79. The lowest BCUT2D eigenvalue weighted by atomic mass is 9.87. The van der Waals surface area contributed by atoms with Crippen molar-refractivity contribution in [3.05, 3.63) is 0 Å². The summed E-state index contributed by atoms with van der Waals surface area (Å²) >= 11 is 0. The maximum absolute atomic E-state index is 12.5. The largest absolute Gasteiger partial charge is 0.444 e. The molecule has 0 bridgehead atoms. The van der Waals surface area contributed by atoms with Gasteiger partial charge in [-0.2, -0.15) is 0 Å². The lowest BCUT2D eigenvalue weighted by Crippen LogP contribution is -2.52. The number of amides is 1. The van der Waals surface area contributed by atoms with Gasteiger partial charge in [-0.25, -0.2) is 4.79 Å². The minimum atomic E-state index is -0.427. The van der Waals surface area contributed by atoms with Crippen molar-refractivity contribution < 1.29 is 14.3 Å². The fraction of sp³-hybridized carbons (Fsp3) is 0.947. The van der Waals surface area contributed by atoms with Gasteiger partial charge in [0.25, 0.3) is 0 Å². The fourth-order valence-corrected chi connectivity index (χ4v) is 3.76. The molecule has 1 aliphatic carbocycles. The molecule has 0 aromatic carbocycles. The Bertz CT molecular complexity index is 402. The van der Waals surface area contributed by atoms with Crippen molar-refractivity contribution in [1.29, 1.82) is 0 Å². The topological polar surface area (TPSA) is 50.8 Å². The number of hydrogen-bond acceptors (Lipinski definition) is 4. The smallest absolute Gasteiger partial charge is 0.410 e. The molecule has 0 aromatic rings. The number of nitrogens with one attached hydrogen (secondary N) is 1. The predicted octanol–water partition coefficient (Wildman–Crippen LogP) is 3.71. The number of likely N-dealkylation sites (tertiary alicyclic amines) is 1. The second-order valence-electron chi connectivity index (χ2n) is 8.37. The van der Waals surface area contributed by atoms with Gasteiger partial charge in [0.05, 0.1) is 6.10 Å². The van der Waals surface area contributed by atoms with Gasteiger partial charge in [0, 0.05) is 31.3 Å². The van der Waals surface area contributed by atoms with Crippen LogP contribution in [0.3, 0.4) is 0 Å². The Morgan fingerprint density at radius 1 is 1.29 bits per heavy atom. The molecule has 2 atom stereocenters. The molecule has 0 spiro atoms. The number of ether oxygens (including phenoxy) is 2. The van der Waals surface area contributed by atoms with Crippen LogP contribution in [0, 0.1) is 0 Å². The quantitative estimate of drug-likeness (QED) is 0.801. The van der Waals surface area contributed by atoms with Gasteiger partial charge in [-0.15, -0.1) is 0 Å². The van der Waals surface area contributed by atoms with Gasteiger partial charge in [-0.05, 0) is 73.1 Å². The maximum atomic E-state index is 12.5. The van der Waals surface area contributed by atoms with E-state index >= 15 is 0 Å². The number of nitrogens with zero attached hydrogens (tertiary/aromatic N) is 1. The van der Waals surface area contributed by atoms with Gasteiger partial charge in [0.2, 0.25) is 0 Å². The molecule has 1 saturated heterocycles. The lowest BCUT2D eigenvalue weighted by molar-refractivity contribution is -0.0139. The number of hydrogen-bond donors (Lipinski definition) is 1. The highest BCUT2D eigenvalue weighted by atomic mass is 16.6. The van der Waals surface area contributed by atoms with E-state index in [1.54, 1.807) is 0 Å². The van der Waals surface area contributed by atoms with Crippen molar-refractivity contribution in [1.82, 2.24) is 10.2 Å². The van der Waals surface area contributed by atoms with E-state index in [9.17, 15) is 4.79 Å². The van der Waals surface area contributed by atoms with Gasteiger partial charge < -0.3 is 19.7 Å². The first-order valence-electron chi connectivity index (χ1n) is 9.65. The predicted molar refractivity (Wildman–Crippen MR) is 96.2 cm³/mol. The molecule has 1 heterocycles. The SMILES string of the molecule is CCOC1CC(NC(C)CC2CCCCN2C(=O)OC(C)(C)C)C1. The van der Waals surface area contributed by atoms with E-state index in [0.29, 0.717) is 24.2 Å². The van der Waals surface area contributed by atoms with Crippen LogP contribution in [0.2, 0.25) is 0 Å². The zero-order valence-electron chi connectivity index (χ0n) is 16.1. The third-order valence-corrected chi connectivity index (χ3v) is 4.90. The summed E-state index contributed by atoms with van der Waals surface area (Å²) in [7, 11) is 0. The summed E-state index contributed by atoms with van der Waals surface area (Å²) in [5, 5.41) is 3.70. The standard InChI is InChI=1S/C19H36N2O3/c1-6-23-17-12-15(13-17)20-14(2)11-16-9-7-8-10-21(16)18(22)24-19(3,4)5/h14-17,20H,6-13H2,1-5H3. The van der Waals surface area contributed by atoms with Crippen LogP contribution in [0.1, 0.15) is 73.1 Å². The molecule has 0 radical (unpaired) electrons. The van der Waals surface area contributed by atoms with Gasteiger partial charge >= 0.3 is 6.09 Å². The second kappa shape index (κ2) is 8.52. The molecule has 2 rings (SSSR count). The average molecular weight is 341 g/mol. The van der Waals surface area contributed by atoms with Crippen molar-refractivity contribution in [3.8, 4) is 0 Å². The molecule has 1 N–H and O–H groups in total. The van der Waals surface area contributed by atoms with Crippen molar-refractivity contribution in [2.45, 2.75) is 103 Å². The molecular weight excluding hydrogens is 304 g/mol. The Hall–Kier alpha value is -0.810. The molecule has 24 heavy (non-hydrogen) atoms. The minimum Gasteiger partial charge on any atom is -0.444 e. The molecule has 5 heteroatoms. The molecule has 0 aromatic heterocycles. The van der Waals surface area contributed by atoms with E-state index in [0.717, 1.165) is 45.3 Å². The summed E-state index contributed by atoms with van der Waals surface area (Å²) < 4.78 is 11.2. The number of rotatable bonds is 6. The normalized spacial score (nSPS) is 29.0. The van der Waals surface area contributed by atoms with Gasteiger partial charge in [-0.1, -0.05) is 0 Å². The fourth-order valence-electron chi connectivity index (χ4n) is 3.76. The second-order valence-corrected chi connectivity index (χ2v) is 8.37. The van der Waals surface area contributed by atoms with Crippen molar-refractivity contribution in [2.75, 3.05) is 13.2 Å². The third kappa shape index (κ3) is 5.92. The van der Waals surface area contributed by atoms with Crippen LogP contribution >= 0.6 is 0 Å². The molecule has 2 unspecified atom stereocenters. The van der Waals surface area contributed by atoms with Crippen LogP contribution in [0.4, 0.5) is 4.79 Å². The number of carbonyl (C=O) groups excluding carboxylic acids is 1. The first kappa shape index (κ1) is 19.5. The van der Waals surface area contributed by atoms with E-state index in [2.05, 4.69) is 19.2 Å². The first-order valence-corrected chi connectivity index (χ1v) is 9.65. The Morgan fingerprint density at radius 3 is 2.62 bits per heavy atom. The lowest BCUT2D eigenvalue weighted by Gasteiger charge is -2.40. The van der Waals surface area contributed by atoms with Crippen LogP contribution in [0.5, 0.6) is 0 Å². The van der Waals surface area contributed by atoms with Gasteiger partial charge in [-0.3, -0.25) is 0 Å². The van der Waals surface area contributed by atoms with Crippen LogP contribution in [-0.4, -0.2) is 54.0 Å². The summed E-state index contributed by atoms with van der Waals surface area (Å²) in [6, 6.07) is 1.26. The van der Waals surface area contributed by atoms with E-state index in [1.165, 1.54) is 6.42 Å². The van der Waals surface area contributed by atoms with E-state index in [1.807, 2.05) is 25.7 Å². The van der Waals surface area contributed by atoms with Crippen molar-refractivity contribution >= 4 is 6.09 Å². The molecule has 2 aliphatic rings. The number of piperidine rings is 1. The Morgan fingerprint density at radius 2 is 2.00 bits per heavy atom. The molecule has 140 valence electrons. The maximum Gasteiger partial charge on any atom is 0.410 e. The highest BCUT2D eigenvalue weighted by Crippen LogP contribution is 2.26. The average Bonchev–Trinajstić information content (AvgIpc) is 2.43. The summed E-state index contributed by atoms with van der Waals surface area (Å²) in [4.78, 5) is 14.4. The van der Waals surface area contributed by atoms with E-state index in [-0.39, 0.29) is 6.09 Å². The zero-order chi connectivity index (χ0) is 17.7. The zero-order valence-corrected chi connectivity index (χ0v) is 16.1. The van der Waals surface area contributed by atoms with Crippen LogP contribution in [0.15, 0.2) is 0 Å². The van der Waals surface area contributed by atoms with Gasteiger partial charge in [0.1, 0.15) is 5.60 Å². The molecule has 1 saturated carbocycles. The third-order valence-electron chi connectivity index (χ3n) is 4.90. The van der Waals surface area contributed by atoms with E-state index < -0.39 is 5.60 Å². The monoisotopic (exact) mass is 340 g/mol. The first-order chi connectivity index (χ1) is 11.3. The summed E-state index contributed by atoms with van der Waals surface area (Å²) in [5.41, 5.74) is -0.427. The minimum absolute atomic E-state index is 0.153. The highest BCUT2D eigenvalue weighted by molar-refractivity contribution is 5.68. The summed E-state index contributed by atoms with van der Waals surface area (Å²) in [6.45, 7) is 11.7. The molecule has 1 amide bonds. The molecule has 5 nitrogen and oxygen atoms in total. The molecule has 1 aliphatic heterocycles. The van der Waals surface area contributed by atoms with Crippen LogP contribution in [0.25, 0.3) is 0 Å². The Labute approximate surface area is 147 Å². The molecular formula is C19H36N2O3. The van der Waals surface area contributed by atoms with Crippen molar-refractivity contribution in [2.24, 2.45) is 0 Å². The van der Waals surface area contributed by atoms with Gasteiger partial charge in [0.15, 0.2) is 0 Å². The van der Waals surface area contributed by atoms with E-state index in [4.69, 9.17) is 9.47 Å². The van der Waals surface area contributed by atoms with Crippen LogP contribution in [-0.2, 0) is 9.47 Å². The van der Waals surface area contributed by atoms with Crippen LogP contribution < -0.4 is 5.32 Å². The Kier molecular flexibility index (Phi) is 6.93. The number of carbonyl (C=O) groups is 1. The highest BCUT2D eigenvalue weighted by Gasteiger charge is 2.34. The molecule has 2 fully saturated rings.